The highest BCUT2D eigenvalue weighted by Gasteiger charge is 2.07. The zero-order valence-electron chi connectivity index (χ0n) is 15.5. The minimum absolute atomic E-state index is 0.0283. The monoisotopic (exact) mass is 381 g/mol. The van der Waals surface area contributed by atoms with Gasteiger partial charge in [-0.15, -0.1) is 0 Å². The molecule has 0 saturated carbocycles. The summed E-state index contributed by atoms with van der Waals surface area (Å²) in [4.78, 5) is 22.9. The molecule has 3 rings (SSSR count). The second kappa shape index (κ2) is 9.25. The Morgan fingerprint density at radius 3 is 2.63 bits per heavy atom. The Morgan fingerprint density at radius 1 is 1.15 bits per heavy atom. The quantitative estimate of drug-likeness (QED) is 0.611. The van der Waals surface area contributed by atoms with Gasteiger partial charge in [-0.05, 0) is 60.6 Å². The lowest BCUT2D eigenvalue weighted by atomic mass is 10.2. The second-order valence-electron chi connectivity index (χ2n) is 6.30. The fourth-order valence-corrected chi connectivity index (χ4v) is 3.35. The number of benzene rings is 1. The number of likely N-dealkylation sites (N-methyl/N-ethyl adjacent to an activating group) is 1. The van der Waals surface area contributed by atoms with Gasteiger partial charge < -0.3 is 10.6 Å². The molecule has 140 valence electrons. The molecule has 2 heterocycles. The van der Waals surface area contributed by atoms with Crippen LogP contribution in [0.5, 0.6) is 0 Å². The van der Waals surface area contributed by atoms with E-state index in [2.05, 4.69) is 32.9 Å². The van der Waals surface area contributed by atoms with Crippen molar-refractivity contribution < 1.29 is 4.79 Å². The van der Waals surface area contributed by atoms with Crippen molar-refractivity contribution in [1.82, 2.24) is 14.9 Å². The molecule has 0 spiro atoms. The molecule has 0 atom stereocenters. The van der Waals surface area contributed by atoms with Crippen LogP contribution in [0.4, 0.5) is 17.3 Å². The molecule has 0 aliphatic heterocycles. The third-order valence-corrected chi connectivity index (χ3v) is 4.61. The summed E-state index contributed by atoms with van der Waals surface area (Å²) in [6, 6.07) is 9.57. The maximum absolute atomic E-state index is 12.1. The van der Waals surface area contributed by atoms with Crippen LogP contribution in [0.1, 0.15) is 13.3 Å². The second-order valence-corrected chi connectivity index (χ2v) is 7.08. The summed E-state index contributed by atoms with van der Waals surface area (Å²) in [6.07, 6.45) is 4.62. The lowest BCUT2D eigenvalue weighted by Gasteiger charge is -2.15. The van der Waals surface area contributed by atoms with Crippen LogP contribution in [0, 0.1) is 0 Å². The van der Waals surface area contributed by atoms with Gasteiger partial charge in [-0.25, -0.2) is 9.97 Å². The standard InChI is InChI=1S/C20H23N5OS/c1-3-8-25(2)13-19(26)23-17-5-4-6-18(10-17)24-20-21-11-16(12-22-20)15-7-9-27-14-15/h4-7,9-12,14H,3,8,13H2,1-2H3,(H,23,26)(H,21,22,24). The van der Waals surface area contributed by atoms with Crippen molar-refractivity contribution in [2.24, 2.45) is 0 Å². The van der Waals surface area contributed by atoms with Crippen molar-refractivity contribution in [1.29, 1.82) is 0 Å². The normalized spacial score (nSPS) is 10.8. The summed E-state index contributed by atoms with van der Waals surface area (Å²) >= 11 is 1.65. The molecule has 1 aromatic carbocycles. The molecule has 2 aromatic heterocycles. The number of carbonyl (C=O) groups is 1. The highest BCUT2D eigenvalue weighted by atomic mass is 32.1. The first-order valence-electron chi connectivity index (χ1n) is 8.84. The molecule has 7 heteroatoms. The first kappa shape index (κ1) is 19.0. The maximum atomic E-state index is 12.1. The molecule has 0 saturated heterocycles. The molecular formula is C20H23N5OS. The van der Waals surface area contributed by atoms with Crippen molar-refractivity contribution in [2.75, 3.05) is 30.8 Å². The number of carbonyl (C=O) groups excluding carboxylic acids is 1. The van der Waals surface area contributed by atoms with Gasteiger partial charge in [0.25, 0.3) is 0 Å². The summed E-state index contributed by atoms with van der Waals surface area (Å²) in [5.74, 6) is 0.486. The Labute approximate surface area is 163 Å². The van der Waals surface area contributed by atoms with Gasteiger partial charge >= 0.3 is 0 Å². The molecule has 1 amide bonds. The molecule has 3 aromatic rings. The van der Waals surface area contributed by atoms with Crippen LogP contribution in [0.2, 0.25) is 0 Å². The Hall–Kier alpha value is -2.77. The van der Waals surface area contributed by atoms with E-state index in [9.17, 15) is 4.79 Å². The summed E-state index contributed by atoms with van der Waals surface area (Å²) in [5, 5.41) is 10.2. The molecule has 0 aliphatic carbocycles. The van der Waals surface area contributed by atoms with Gasteiger partial charge in [0.2, 0.25) is 11.9 Å². The van der Waals surface area contributed by atoms with Gasteiger partial charge in [0.1, 0.15) is 0 Å². The average Bonchev–Trinajstić information content (AvgIpc) is 3.17. The molecule has 27 heavy (non-hydrogen) atoms. The Bertz CT molecular complexity index is 864. The zero-order valence-corrected chi connectivity index (χ0v) is 16.3. The largest absolute Gasteiger partial charge is 0.325 e. The Kier molecular flexibility index (Phi) is 6.51. The smallest absolute Gasteiger partial charge is 0.238 e. The van der Waals surface area contributed by atoms with Crippen molar-refractivity contribution in [3.63, 3.8) is 0 Å². The fourth-order valence-electron chi connectivity index (χ4n) is 2.68. The summed E-state index contributed by atoms with van der Waals surface area (Å²) < 4.78 is 0. The molecule has 0 radical (unpaired) electrons. The fraction of sp³-hybridized carbons (Fsp3) is 0.250. The molecule has 0 fully saturated rings. The van der Waals surface area contributed by atoms with Crippen molar-refractivity contribution in [3.8, 4) is 11.1 Å². The van der Waals surface area contributed by atoms with E-state index in [4.69, 9.17) is 0 Å². The van der Waals surface area contributed by atoms with Crippen molar-refractivity contribution >= 4 is 34.6 Å². The lowest BCUT2D eigenvalue weighted by molar-refractivity contribution is -0.117. The van der Waals surface area contributed by atoms with Crippen LogP contribution in [-0.4, -0.2) is 40.9 Å². The molecule has 0 aliphatic rings. The zero-order chi connectivity index (χ0) is 19.1. The van der Waals surface area contributed by atoms with E-state index in [-0.39, 0.29) is 5.91 Å². The first-order chi connectivity index (χ1) is 13.1. The molecule has 0 bridgehead atoms. The van der Waals surface area contributed by atoms with E-state index >= 15 is 0 Å². The van der Waals surface area contributed by atoms with Crippen LogP contribution in [-0.2, 0) is 4.79 Å². The number of aromatic nitrogens is 2. The number of nitrogens with zero attached hydrogens (tertiary/aromatic N) is 3. The number of thiophene rings is 1. The maximum Gasteiger partial charge on any atom is 0.238 e. The van der Waals surface area contributed by atoms with Crippen LogP contribution in [0.25, 0.3) is 11.1 Å². The highest BCUT2D eigenvalue weighted by molar-refractivity contribution is 7.08. The van der Waals surface area contributed by atoms with Gasteiger partial charge in [0, 0.05) is 29.3 Å². The van der Waals surface area contributed by atoms with E-state index in [0.29, 0.717) is 12.5 Å². The van der Waals surface area contributed by atoms with Crippen molar-refractivity contribution in [2.45, 2.75) is 13.3 Å². The van der Waals surface area contributed by atoms with Crippen LogP contribution in [0.3, 0.4) is 0 Å². The van der Waals surface area contributed by atoms with Gasteiger partial charge in [-0.2, -0.15) is 11.3 Å². The van der Waals surface area contributed by atoms with E-state index < -0.39 is 0 Å². The van der Waals surface area contributed by atoms with E-state index in [0.717, 1.165) is 35.5 Å². The minimum atomic E-state index is -0.0283. The van der Waals surface area contributed by atoms with E-state index in [1.54, 1.807) is 23.7 Å². The SMILES string of the molecule is CCCN(C)CC(=O)Nc1cccc(Nc2ncc(-c3ccsc3)cn2)c1. The van der Waals surface area contributed by atoms with Gasteiger partial charge in [0.15, 0.2) is 0 Å². The number of anilines is 3. The molecular weight excluding hydrogens is 358 g/mol. The van der Waals surface area contributed by atoms with Crippen LogP contribution in [0.15, 0.2) is 53.5 Å². The summed E-state index contributed by atoms with van der Waals surface area (Å²) in [7, 11) is 1.94. The minimum Gasteiger partial charge on any atom is -0.325 e. The first-order valence-corrected chi connectivity index (χ1v) is 9.78. The van der Waals surface area contributed by atoms with Gasteiger partial charge in [-0.3, -0.25) is 9.69 Å². The van der Waals surface area contributed by atoms with Crippen LogP contribution >= 0.6 is 11.3 Å². The number of hydrogen-bond donors (Lipinski definition) is 2. The van der Waals surface area contributed by atoms with Gasteiger partial charge in [-0.1, -0.05) is 13.0 Å². The summed E-state index contributed by atoms with van der Waals surface area (Å²) in [5.41, 5.74) is 3.66. The van der Waals surface area contributed by atoms with Crippen LogP contribution < -0.4 is 10.6 Å². The molecule has 0 unspecified atom stereocenters. The summed E-state index contributed by atoms with van der Waals surface area (Å²) in [6.45, 7) is 3.37. The van der Waals surface area contributed by atoms with Gasteiger partial charge in [0.05, 0.1) is 6.54 Å². The van der Waals surface area contributed by atoms with E-state index in [1.165, 1.54) is 0 Å². The Balaban J connectivity index is 1.61. The highest BCUT2D eigenvalue weighted by Crippen LogP contribution is 2.22. The topological polar surface area (TPSA) is 70.2 Å². The average molecular weight is 382 g/mol. The van der Waals surface area contributed by atoms with E-state index in [1.807, 2.05) is 47.7 Å². The predicted octanol–water partition coefficient (Wildman–Crippen LogP) is 4.23. The predicted molar refractivity (Wildman–Crippen MR) is 111 cm³/mol. The van der Waals surface area contributed by atoms with Crippen molar-refractivity contribution in [3.05, 3.63) is 53.5 Å². The number of rotatable bonds is 8. The lowest BCUT2D eigenvalue weighted by Crippen LogP contribution is -2.30. The number of nitrogens with one attached hydrogen (secondary N) is 2. The molecule has 6 nitrogen and oxygen atoms in total. The number of amides is 1. The number of hydrogen-bond acceptors (Lipinski definition) is 6. The third kappa shape index (κ3) is 5.60. The molecule has 2 N–H and O–H groups in total. The Morgan fingerprint density at radius 2 is 1.93 bits per heavy atom. The third-order valence-electron chi connectivity index (χ3n) is 3.93.